The van der Waals surface area contributed by atoms with Crippen LogP contribution in [0.15, 0.2) is 0 Å². The molecule has 34 heavy (non-hydrogen) atoms. The van der Waals surface area contributed by atoms with Gasteiger partial charge in [-0.2, -0.15) is 0 Å². The summed E-state index contributed by atoms with van der Waals surface area (Å²) in [5.41, 5.74) is 0. The second-order valence-electron chi connectivity index (χ2n) is 10.5. The Balaban J connectivity index is 3.40. The van der Waals surface area contributed by atoms with Gasteiger partial charge in [-0.1, -0.05) is 174 Å². The number of esters is 1. The van der Waals surface area contributed by atoms with Gasteiger partial charge >= 0.3 is 5.97 Å². The predicted molar refractivity (Wildman–Crippen MR) is 152 cm³/mol. The fourth-order valence-corrected chi connectivity index (χ4v) is 4.67. The van der Waals surface area contributed by atoms with Crippen molar-refractivity contribution in [2.75, 3.05) is 6.61 Å². The van der Waals surface area contributed by atoms with E-state index in [4.69, 9.17) is 7.48 Å². The first kappa shape index (κ1) is 29.7. The molecule has 204 valence electrons. The maximum absolute atomic E-state index is 12.1. The van der Waals surface area contributed by atoms with Crippen LogP contribution in [0.25, 0.3) is 0 Å². The number of unbranched alkanes of at least 4 members (excludes halogenated alkanes) is 24. The van der Waals surface area contributed by atoms with Gasteiger partial charge < -0.3 is 4.74 Å². The second-order valence-corrected chi connectivity index (χ2v) is 10.5. The summed E-state index contributed by atoms with van der Waals surface area (Å²) >= 11 is 0. The minimum Gasteiger partial charge on any atom is -0.466 e. The van der Waals surface area contributed by atoms with E-state index < -0.39 is 12.3 Å². The maximum Gasteiger partial charge on any atom is 0.305 e. The highest BCUT2D eigenvalue weighted by Crippen LogP contribution is 2.14. The van der Waals surface area contributed by atoms with E-state index in [1.54, 1.807) is 0 Å². The van der Waals surface area contributed by atoms with Crippen LogP contribution >= 0.6 is 0 Å². The molecule has 0 fully saturated rings. The Hall–Kier alpha value is -0.530. The number of carbonyl (C=O) groups is 1. The predicted octanol–water partition coefficient (Wildman–Crippen LogP) is 11.5. The van der Waals surface area contributed by atoms with Crippen molar-refractivity contribution >= 4 is 5.97 Å². The molecule has 0 aromatic rings. The molecule has 2 nitrogen and oxygen atoms in total. The summed E-state index contributed by atoms with van der Waals surface area (Å²) in [6, 6.07) is 0. The highest BCUT2D eigenvalue weighted by Gasteiger charge is 2.02. The molecule has 0 unspecified atom stereocenters. The molecular formula is C32H64O2. The van der Waals surface area contributed by atoms with Crippen molar-refractivity contribution in [3.05, 3.63) is 0 Å². The quantitative estimate of drug-likeness (QED) is 0.0782. The number of hydrogen-bond acceptors (Lipinski definition) is 2. The number of ether oxygens (including phenoxy) is 1. The lowest BCUT2D eigenvalue weighted by molar-refractivity contribution is -0.143. The zero-order valence-corrected chi connectivity index (χ0v) is 23.6. The topological polar surface area (TPSA) is 26.3 Å². The second kappa shape index (κ2) is 30.5. The Morgan fingerprint density at radius 3 is 1.03 bits per heavy atom. The number of rotatable bonds is 29. The van der Waals surface area contributed by atoms with Crippen LogP contribution in [-0.2, 0) is 9.53 Å². The van der Waals surface area contributed by atoms with Gasteiger partial charge in [0.25, 0.3) is 0 Å². The van der Waals surface area contributed by atoms with Gasteiger partial charge in [-0.05, 0) is 12.8 Å². The van der Waals surface area contributed by atoms with E-state index in [-0.39, 0.29) is 0 Å². The molecule has 0 rings (SSSR count). The van der Waals surface area contributed by atoms with E-state index in [1.165, 1.54) is 135 Å². The average molecular weight is 483 g/mol. The number of carbonyl (C=O) groups excluding carboxylic acids is 1. The molecule has 0 saturated heterocycles. The lowest BCUT2D eigenvalue weighted by Gasteiger charge is -2.06. The molecule has 0 heterocycles. The van der Waals surface area contributed by atoms with Gasteiger partial charge in [0.2, 0.25) is 0 Å². The Morgan fingerprint density at radius 1 is 0.441 bits per heavy atom. The Morgan fingerprint density at radius 2 is 0.706 bits per heavy atom. The molecule has 0 aliphatic heterocycles. The molecule has 0 aliphatic rings. The van der Waals surface area contributed by atoms with Crippen LogP contribution in [0, 0.1) is 0 Å². The molecule has 0 atom stereocenters. The van der Waals surface area contributed by atoms with Crippen LogP contribution in [0.5, 0.6) is 0 Å². The van der Waals surface area contributed by atoms with Gasteiger partial charge in [0.15, 0.2) is 0 Å². The molecule has 2 heteroatoms. The Bertz CT molecular complexity index is 453. The largest absolute Gasteiger partial charge is 0.466 e. The molecule has 0 amide bonds. The van der Waals surface area contributed by atoms with Gasteiger partial charge in [-0.3, -0.25) is 4.79 Å². The zero-order valence-electron chi connectivity index (χ0n) is 25.6. The van der Waals surface area contributed by atoms with Crippen LogP contribution in [0.3, 0.4) is 0 Å². The van der Waals surface area contributed by atoms with Crippen LogP contribution in [0.4, 0.5) is 0 Å². The third-order valence-electron chi connectivity index (χ3n) is 7.03. The summed E-state index contributed by atoms with van der Waals surface area (Å²) < 4.78 is 21.3. The van der Waals surface area contributed by atoms with Crippen molar-refractivity contribution < 1.29 is 12.3 Å². The van der Waals surface area contributed by atoms with Crippen molar-refractivity contribution in [3.8, 4) is 0 Å². The van der Waals surface area contributed by atoms with Crippen LogP contribution in [-0.4, -0.2) is 12.6 Å². The summed E-state index contributed by atoms with van der Waals surface area (Å²) in [5, 5.41) is 0. The molecule has 0 aliphatic carbocycles. The summed E-state index contributed by atoms with van der Waals surface area (Å²) in [7, 11) is 0. The van der Waals surface area contributed by atoms with E-state index in [0.717, 1.165) is 32.1 Å². The highest BCUT2D eigenvalue weighted by atomic mass is 16.5. The smallest absolute Gasteiger partial charge is 0.305 e. The van der Waals surface area contributed by atoms with Crippen molar-refractivity contribution in [1.29, 1.82) is 0 Å². The summed E-state index contributed by atoms with van der Waals surface area (Å²) in [6.45, 7) is 4.89. The minimum absolute atomic E-state index is 0.293. The lowest BCUT2D eigenvalue weighted by atomic mass is 10.0. The first-order chi connectivity index (χ1) is 17.5. The number of hydrogen-bond donors (Lipinski definition) is 0. The Kier molecular flexibility index (Phi) is 26.6. The van der Waals surface area contributed by atoms with E-state index in [1.807, 2.05) is 0 Å². The van der Waals surface area contributed by atoms with Crippen molar-refractivity contribution in [3.63, 3.8) is 0 Å². The van der Waals surface area contributed by atoms with Crippen molar-refractivity contribution in [2.45, 2.75) is 194 Å². The molecule has 0 spiro atoms. The highest BCUT2D eigenvalue weighted by molar-refractivity contribution is 5.69. The third kappa shape index (κ3) is 29.5. The van der Waals surface area contributed by atoms with Gasteiger partial charge in [0.05, 0.1) is 6.61 Å². The minimum atomic E-state index is -1.82. The van der Waals surface area contributed by atoms with Crippen molar-refractivity contribution in [2.24, 2.45) is 0 Å². The van der Waals surface area contributed by atoms with Gasteiger partial charge in [0, 0.05) is 9.11 Å². The normalized spacial score (nSPS) is 12.5. The third-order valence-corrected chi connectivity index (χ3v) is 7.03. The summed E-state index contributed by atoms with van der Waals surface area (Å²) in [4.78, 5) is 12.1. The molecule has 0 bridgehead atoms. The van der Waals surface area contributed by atoms with Gasteiger partial charge in [0.1, 0.15) is 0 Å². The standard InChI is InChI=1S/C32H64O2/c1-3-5-7-9-11-13-15-16-17-18-19-21-23-25-27-29-31-34-32(33)30-28-26-24-22-20-14-12-10-8-6-4-2/h3-31H2,1-2H3/i30D2. The van der Waals surface area contributed by atoms with Crippen LogP contribution in [0.1, 0.15) is 196 Å². The summed E-state index contributed by atoms with van der Waals surface area (Å²) in [6.07, 6.45) is 31.7. The lowest BCUT2D eigenvalue weighted by Crippen LogP contribution is -2.05. The first-order valence-electron chi connectivity index (χ1n) is 16.7. The summed E-state index contributed by atoms with van der Waals surface area (Å²) in [5.74, 6) is -0.653. The maximum atomic E-state index is 12.1. The first-order valence-corrected chi connectivity index (χ1v) is 15.7. The Labute approximate surface area is 218 Å². The SMILES string of the molecule is [2H]C([2H])(CCCCCCCCCCCC)C(=O)OCCCCCCCCCCCCCCCCCC. The molecule has 0 radical (unpaired) electrons. The molecule has 0 aromatic heterocycles. The van der Waals surface area contributed by atoms with Crippen LogP contribution in [0.2, 0.25) is 0 Å². The van der Waals surface area contributed by atoms with E-state index >= 15 is 0 Å². The van der Waals surface area contributed by atoms with E-state index in [2.05, 4.69) is 13.8 Å². The van der Waals surface area contributed by atoms with Gasteiger partial charge in [-0.25, -0.2) is 0 Å². The fraction of sp³-hybridized carbons (Fsp3) is 0.969. The van der Waals surface area contributed by atoms with Gasteiger partial charge in [-0.15, -0.1) is 0 Å². The van der Waals surface area contributed by atoms with Crippen molar-refractivity contribution in [1.82, 2.24) is 0 Å². The molecule has 0 saturated carbocycles. The van der Waals surface area contributed by atoms with E-state index in [0.29, 0.717) is 13.0 Å². The molecular weight excluding hydrogens is 416 g/mol. The van der Waals surface area contributed by atoms with E-state index in [9.17, 15) is 4.79 Å². The molecule has 0 N–H and O–H groups in total. The zero-order chi connectivity index (χ0) is 26.6. The average Bonchev–Trinajstić information content (AvgIpc) is 2.86. The monoisotopic (exact) mass is 483 g/mol. The molecule has 0 aromatic carbocycles. The fourth-order valence-electron chi connectivity index (χ4n) is 4.67. The van der Waals surface area contributed by atoms with Crippen LogP contribution < -0.4 is 0 Å².